The molecular weight excluding hydrogens is 410 g/mol. The fraction of sp³-hybridized carbons (Fsp3) is 0.294. The summed E-state index contributed by atoms with van der Waals surface area (Å²) in [5.41, 5.74) is 3.27. The number of ether oxygens (including phenoxy) is 1. The molecule has 1 aliphatic rings. The van der Waals surface area contributed by atoms with Crippen LogP contribution in [0.2, 0.25) is 4.34 Å². The molecule has 1 aliphatic heterocycles. The first-order valence-corrected chi connectivity index (χ1v) is 10.8. The quantitative estimate of drug-likeness (QED) is 0.586. The number of halogens is 1. The summed E-state index contributed by atoms with van der Waals surface area (Å²) in [4.78, 5) is 13.3. The van der Waals surface area contributed by atoms with Crippen LogP contribution in [0.4, 0.5) is 0 Å². The van der Waals surface area contributed by atoms with Crippen molar-refractivity contribution in [2.75, 3.05) is 26.3 Å². The zero-order chi connectivity index (χ0) is 19.4. The van der Waals surface area contributed by atoms with E-state index in [4.69, 9.17) is 16.3 Å². The molecule has 0 saturated carbocycles. The highest BCUT2D eigenvalue weighted by Crippen LogP contribution is 2.22. The van der Waals surface area contributed by atoms with Crippen molar-refractivity contribution in [2.24, 2.45) is 5.10 Å². The maximum Gasteiger partial charge on any atom is 0.271 e. The van der Waals surface area contributed by atoms with Crippen molar-refractivity contribution in [1.82, 2.24) is 9.73 Å². The van der Waals surface area contributed by atoms with E-state index in [9.17, 15) is 13.2 Å². The van der Waals surface area contributed by atoms with Crippen LogP contribution in [-0.2, 0) is 14.8 Å². The molecule has 0 radical (unpaired) electrons. The van der Waals surface area contributed by atoms with Gasteiger partial charge < -0.3 is 4.74 Å². The minimum atomic E-state index is -3.67. The van der Waals surface area contributed by atoms with Gasteiger partial charge in [-0.1, -0.05) is 17.7 Å². The van der Waals surface area contributed by atoms with Crippen LogP contribution in [0.5, 0.6) is 0 Å². The summed E-state index contributed by atoms with van der Waals surface area (Å²) < 4.78 is 32.6. The number of carbonyl (C=O) groups is 1. The summed E-state index contributed by atoms with van der Waals surface area (Å²) in [6, 6.07) is 9.48. The van der Waals surface area contributed by atoms with E-state index >= 15 is 0 Å². The molecule has 7 nitrogen and oxygen atoms in total. The predicted molar refractivity (Wildman–Crippen MR) is 105 cm³/mol. The van der Waals surface area contributed by atoms with Gasteiger partial charge in [-0.3, -0.25) is 4.79 Å². The number of morpholine rings is 1. The van der Waals surface area contributed by atoms with Gasteiger partial charge in [0.05, 0.1) is 33.0 Å². The first-order valence-electron chi connectivity index (χ1n) is 8.16. The summed E-state index contributed by atoms with van der Waals surface area (Å²) >= 11 is 7.25. The number of rotatable bonds is 5. The Morgan fingerprint density at radius 2 is 2.00 bits per heavy atom. The molecule has 1 fully saturated rings. The molecule has 144 valence electrons. The number of sulfonamides is 1. The number of benzene rings is 1. The number of nitrogens with zero attached hydrogens (tertiary/aromatic N) is 2. The van der Waals surface area contributed by atoms with Gasteiger partial charge >= 0.3 is 0 Å². The molecule has 1 aromatic heterocycles. The van der Waals surface area contributed by atoms with E-state index in [1.54, 1.807) is 19.1 Å². The molecule has 0 bridgehead atoms. The average molecular weight is 428 g/mol. The van der Waals surface area contributed by atoms with Gasteiger partial charge in [0.1, 0.15) is 0 Å². The average Bonchev–Trinajstić information content (AvgIpc) is 3.13. The maximum atomic E-state index is 12.7. The topological polar surface area (TPSA) is 88.1 Å². The summed E-state index contributed by atoms with van der Waals surface area (Å²) in [6.07, 6.45) is 0. The maximum absolute atomic E-state index is 12.7. The summed E-state index contributed by atoms with van der Waals surface area (Å²) in [5.74, 6) is -0.490. The Balaban J connectivity index is 1.75. The van der Waals surface area contributed by atoms with Gasteiger partial charge in [-0.2, -0.15) is 9.41 Å². The Morgan fingerprint density at radius 1 is 1.26 bits per heavy atom. The van der Waals surface area contributed by atoms with Gasteiger partial charge in [-0.05, 0) is 37.3 Å². The van der Waals surface area contributed by atoms with Crippen molar-refractivity contribution in [3.8, 4) is 0 Å². The molecule has 0 unspecified atom stereocenters. The second-order valence-electron chi connectivity index (χ2n) is 5.79. The predicted octanol–water partition coefficient (Wildman–Crippen LogP) is 2.58. The summed E-state index contributed by atoms with van der Waals surface area (Å²) in [7, 11) is -3.67. The van der Waals surface area contributed by atoms with Gasteiger partial charge in [-0.25, -0.2) is 13.8 Å². The van der Waals surface area contributed by atoms with Crippen LogP contribution in [0.1, 0.15) is 22.2 Å². The zero-order valence-electron chi connectivity index (χ0n) is 14.5. The molecule has 2 aromatic rings. The lowest BCUT2D eigenvalue weighted by Crippen LogP contribution is -2.40. The van der Waals surface area contributed by atoms with Crippen LogP contribution in [0.3, 0.4) is 0 Å². The monoisotopic (exact) mass is 427 g/mol. The van der Waals surface area contributed by atoms with Crippen molar-refractivity contribution >= 4 is 44.6 Å². The molecule has 0 atom stereocenters. The van der Waals surface area contributed by atoms with Crippen LogP contribution < -0.4 is 5.43 Å². The molecule has 10 heteroatoms. The van der Waals surface area contributed by atoms with Gasteiger partial charge in [0, 0.05) is 18.7 Å². The first-order chi connectivity index (χ1) is 12.9. The third-order valence-corrected chi connectivity index (χ3v) is 7.19. The Hall–Kier alpha value is -1.78. The Labute approximate surface area is 166 Å². The smallest absolute Gasteiger partial charge is 0.271 e. The van der Waals surface area contributed by atoms with E-state index < -0.39 is 15.9 Å². The van der Waals surface area contributed by atoms with Crippen LogP contribution in [0.25, 0.3) is 0 Å². The molecule has 1 N–H and O–H groups in total. The first kappa shape index (κ1) is 20.0. The molecule has 1 saturated heterocycles. The van der Waals surface area contributed by atoms with Crippen molar-refractivity contribution in [1.29, 1.82) is 0 Å². The van der Waals surface area contributed by atoms with Crippen LogP contribution in [0, 0.1) is 0 Å². The fourth-order valence-corrected chi connectivity index (χ4v) is 4.94. The highest BCUT2D eigenvalue weighted by atomic mass is 35.5. The van der Waals surface area contributed by atoms with Gasteiger partial charge in [-0.15, -0.1) is 11.3 Å². The van der Waals surface area contributed by atoms with E-state index in [-0.39, 0.29) is 10.5 Å². The lowest BCUT2D eigenvalue weighted by Gasteiger charge is -2.26. The van der Waals surface area contributed by atoms with E-state index in [0.29, 0.717) is 36.4 Å². The molecule has 0 aliphatic carbocycles. The third-order valence-electron chi connectivity index (χ3n) is 3.96. The lowest BCUT2D eigenvalue weighted by atomic mass is 10.2. The normalized spacial score (nSPS) is 16.3. The van der Waals surface area contributed by atoms with Crippen LogP contribution in [0.15, 0.2) is 46.4 Å². The zero-order valence-corrected chi connectivity index (χ0v) is 16.9. The highest BCUT2D eigenvalue weighted by molar-refractivity contribution is 7.89. The molecule has 0 spiro atoms. The second kappa shape index (κ2) is 8.49. The molecule has 1 aromatic carbocycles. The molecule has 3 rings (SSSR count). The Morgan fingerprint density at radius 3 is 2.67 bits per heavy atom. The minimum absolute atomic E-state index is 0.0720. The van der Waals surface area contributed by atoms with Crippen LogP contribution >= 0.6 is 22.9 Å². The molecule has 27 heavy (non-hydrogen) atoms. The number of hydrogen-bond acceptors (Lipinski definition) is 6. The minimum Gasteiger partial charge on any atom is -0.379 e. The molecule has 2 heterocycles. The van der Waals surface area contributed by atoms with E-state index in [1.807, 2.05) is 6.07 Å². The van der Waals surface area contributed by atoms with E-state index in [1.165, 1.54) is 33.8 Å². The second-order valence-corrected chi connectivity index (χ2v) is 9.44. The highest BCUT2D eigenvalue weighted by Gasteiger charge is 2.26. The number of hydrogen-bond donors (Lipinski definition) is 1. The Kier molecular flexibility index (Phi) is 6.28. The third kappa shape index (κ3) is 4.74. The largest absolute Gasteiger partial charge is 0.379 e. The van der Waals surface area contributed by atoms with Crippen molar-refractivity contribution in [3.05, 3.63) is 51.2 Å². The van der Waals surface area contributed by atoms with Crippen molar-refractivity contribution in [3.63, 3.8) is 0 Å². The number of nitrogens with one attached hydrogen (secondary N) is 1. The summed E-state index contributed by atoms with van der Waals surface area (Å²) in [5, 5.41) is 4.06. The van der Waals surface area contributed by atoms with Crippen LogP contribution in [-0.4, -0.2) is 50.6 Å². The number of hydrazone groups is 1. The van der Waals surface area contributed by atoms with Gasteiger partial charge in [0.15, 0.2) is 0 Å². The Bertz CT molecular complexity index is 966. The van der Waals surface area contributed by atoms with E-state index in [2.05, 4.69) is 10.5 Å². The molecule has 1 amide bonds. The van der Waals surface area contributed by atoms with Crippen molar-refractivity contribution < 1.29 is 17.9 Å². The lowest BCUT2D eigenvalue weighted by molar-refractivity contribution is 0.0730. The number of carbonyl (C=O) groups excluding carboxylic acids is 1. The van der Waals surface area contributed by atoms with Gasteiger partial charge in [0.25, 0.3) is 5.91 Å². The van der Waals surface area contributed by atoms with Gasteiger partial charge in [0.2, 0.25) is 10.0 Å². The van der Waals surface area contributed by atoms with E-state index in [0.717, 1.165) is 4.88 Å². The SMILES string of the molecule is C/C(=N/NC(=O)c1cccc(S(=O)(=O)N2CCOCC2)c1)c1ccc(Cl)s1. The van der Waals surface area contributed by atoms with Crippen molar-refractivity contribution in [2.45, 2.75) is 11.8 Å². The number of thiophene rings is 1. The number of amides is 1. The standard InChI is InChI=1S/C17H18ClN3O4S2/c1-12(15-5-6-16(18)26-15)19-20-17(22)13-3-2-4-14(11-13)27(23,24)21-7-9-25-10-8-21/h2-6,11H,7-10H2,1H3,(H,20,22)/b19-12-. The summed E-state index contributed by atoms with van der Waals surface area (Å²) in [6.45, 7) is 3.07. The fourth-order valence-electron chi connectivity index (χ4n) is 2.50. The molecular formula is C17H18ClN3O4S2.